The molecule has 0 aliphatic carbocycles. The molecule has 2 aromatic heterocycles. The number of carbonyl (C=O) groups excluding carboxylic acids is 1. The van der Waals surface area contributed by atoms with Crippen molar-refractivity contribution in [1.29, 1.82) is 0 Å². The van der Waals surface area contributed by atoms with Gasteiger partial charge in [0.25, 0.3) is 0 Å². The molecule has 0 bridgehead atoms. The van der Waals surface area contributed by atoms with Crippen molar-refractivity contribution < 1.29 is 27.1 Å². The summed E-state index contributed by atoms with van der Waals surface area (Å²) < 4.78 is 51.2. The highest BCUT2D eigenvalue weighted by Crippen LogP contribution is 2.42. The molecule has 0 saturated carbocycles. The molecule has 3 heterocycles. The van der Waals surface area contributed by atoms with Crippen LogP contribution in [0.5, 0.6) is 5.75 Å². The van der Waals surface area contributed by atoms with Gasteiger partial charge >= 0.3 is 6.61 Å². The second kappa shape index (κ2) is 8.12. The fourth-order valence-electron chi connectivity index (χ4n) is 4.25. The van der Waals surface area contributed by atoms with Crippen molar-refractivity contribution in [3.05, 3.63) is 70.2 Å². The zero-order chi connectivity index (χ0) is 22.4. The van der Waals surface area contributed by atoms with E-state index in [0.29, 0.717) is 32.9 Å². The maximum atomic E-state index is 14.3. The zero-order valence-electron chi connectivity index (χ0n) is 16.5. The molecule has 1 atom stereocenters. The number of carbonyl (C=O) groups is 1. The average molecular weight is 505 g/mol. The molecule has 1 saturated heterocycles. The van der Waals surface area contributed by atoms with Gasteiger partial charge in [-0.25, -0.2) is 4.39 Å². The first-order chi connectivity index (χ1) is 15.4. The van der Waals surface area contributed by atoms with Gasteiger partial charge in [0.05, 0.1) is 6.20 Å². The van der Waals surface area contributed by atoms with Crippen LogP contribution in [0.2, 0.25) is 0 Å². The van der Waals surface area contributed by atoms with Crippen LogP contribution >= 0.6 is 15.9 Å². The van der Waals surface area contributed by atoms with Crippen LogP contribution in [0, 0.1) is 5.82 Å². The number of benzene rings is 2. The lowest BCUT2D eigenvalue weighted by Gasteiger charge is -2.18. The highest BCUT2D eigenvalue weighted by Gasteiger charge is 2.33. The Balaban J connectivity index is 1.53. The molecule has 1 aliphatic rings. The van der Waals surface area contributed by atoms with Gasteiger partial charge in [0.2, 0.25) is 5.91 Å². The second-order valence-electron chi connectivity index (χ2n) is 7.62. The van der Waals surface area contributed by atoms with Gasteiger partial charge in [-0.15, -0.1) is 0 Å². The molecule has 1 aliphatic heterocycles. The SMILES string of the molecule is O=C1CC(c2ccc(OC(F)F)c3oc4cnccc4c23)CN1Cc1ccc(Br)cc1F. The minimum absolute atomic E-state index is 0.0759. The maximum absolute atomic E-state index is 14.3. The number of rotatable bonds is 5. The van der Waals surface area contributed by atoms with Gasteiger partial charge in [-0.3, -0.25) is 9.78 Å². The van der Waals surface area contributed by atoms with E-state index in [2.05, 4.69) is 25.7 Å². The van der Waals surface area contributed by atoms with Crippen LogP contribution in [0.1, 0.15) is 23.5 Å². The number of nitrogens with zero attached hydrogens (tertiary/aromatic N) is 2. The number of alkyl halides is 2. The van der Waals surface area contributed by atoms with Crippen molar-refractivity contribution in [1.82, 2.24) is 9.88 Å². The van der Waals surface area contributed by atoms with Crippen LogP contribution in [-0.4, -0.2) is 28.9 Å². The lowest BCUT2D eigenvalue weighted by molar-refractivity contribution is -0.128. The first-order valence-corrected chi connectivity index (χ1v) is 10.7. The molecule has 1 unspecified atom stereocenters. The Morgan fingerprint density at radius 1 is 1.25 bits per heavy atom. The number of fused-ring (bicyclic) bond motifs is 3. The standard InChI is InChI=1S/C23H16BrF3N2O3/c24-14-2-1-12(17(25)8-14)10-29-11-13(7-20(29)30)15-3-4-18(32-23(26)27)22-21(15)16-5-6-28-9-19(16)31-22/h1-6,8-9,13,23H,7,10-11H2. The molecular weight excluding hydrogens is 489 g/mol. The Kier molecular flexibility index (Phi) is 5.28. The quantitative estimate of drug-likeness (QED) is 0.334. The number of hydrogen-bond acceptors (Lipinski definition) is 4. The van der Waals surface area contributed by atoms with E-state index in [1.54, 1.807) is 35.4 Å². The third-order valence-corrected chi connectivity index (χ3v) is 6.16. The molecule has 164 valence electrons. The van der Waals surface area contributed by atoms with Gasteiger partial charge in [0.15, 0.2) is 16.9 Å². The number of amides is 1. The van der Waals surface area contributed by atoms with E-state index in [0.717, 1.165) is 5.56 Å². The fraction of sp³-hybridized carbons (Fsp3) is 0.217. The highest BCUT2D eigenvalue weighted by atomic mass is 79.9. The normalized spacial score (nSPS) is 16.6. The molecular formula is C23H16BrF3N2O3. The minimum atomic E-state index is -3.00. The van der Waals surface area contributed by atoms with Crippen LogP contribution in [-0.2, 0) is 11.3 Å². The summed E-state index contributed by atoms with van der Waals surface area (Å²) in [6.07, 6.45) is 3.32. The lowest BCUT2D eigenvalue weighted by atomic mass is 9.93. The van der Waals surface area contributed by atoms with Gasteiger partial charge in [-0.1, -0.05) is 28.1 Å². The van der Waals surface area contributed by atoms with Crippen molar-refractivity contribution in [3.8, 4) is 5.75 Å². The summed E-state index contributed by atoms with van der Waals surface area (Å²) >= 11 is 3.23. The summed E-state index contributed by atoms with van der Waals surface area (Å²) in [5.41, 5.74) is 1.84. The van der Waals surface area contributed by atoms with E-state index in [4.69, 9.17) is 4.42 Å². The summed E-state index contributed by atoms with van der Waals surface area (Å²) in [7, 11) is 0. The Morgan fingerprint density at radius 2 is 2.09 bits per heavy atom. The number of pyridine rings is 1. The van der Waals surface area contributed by atoms with E-state index >= 15 is 0 Å². The van der Waals surface area contributed by atoms with Crippen LogP contribution < -0.4 is 4.74 Å². The first kappa shape index (κ1) is 20.8. The molecule has 4 aromatic rings. The Morgan fingerprint density at radius 3 is 2.88 bits per heavy atom. The fourth-order valence-corrected chi connectivity index (χ4v) is 4.59. The Hall–Kier alpha value is -3.07. The molecule has 9 heteroatoms. The molecule has 2 aromatic carbocycles. The molecule has 1 amide bonds. The largest absolute Gasteiger partial charge is 0.451 e. The number of hydrogen-bond donors (Lipinski definition) is 0. The Bertz CT molecular complexity index is 1340. The number of ether oxygens (including phenoxy) is 1. The molecule has 32 heavy (non-hydrogen) atoms. The molecule has 5 rings (SSSR count). The molecule has 0 radical (unpaired) electrons. The summed E-state index contributed by atoms with van der Waals surface area (Å²) in [4.78, 5) is 18.4. The predicted octanol–water partition coefficient (Wildman–Crippen LogP) is 6.00. The number of furan rings is 1. The zero-order valence-corrected chi connectivity index (χ0v) is 18.1. The molecule has 0 N–H and O–H groups in total. The van der Waals surface area contributed by atoms with Gasteiger partial charge in [0, 0.05) is 52.4 Å². The third-order valence-electron chi connectivity index (χ3n) is 5.67. The van der Waals surface area contributed by atoms with E-state index < -0.39 is 6.61 Å². The van der Waals surface area contributed by atoms with Crippen LogP contribution in [0.25, 0.3) is 21.9 Å². The molecule has 5 nitrogen and oxygen atoms in total. The van der Waals surface area contributed by atoms with E-state index in [9.17, 15) is 18.0 Å². The number of likely N-dealkylation sites (tertiary alicyclic amines) is 1. The second-order valence-corrected chi connectivity index (χ2v) is 8.54. The topological polar surface area (TPSA) is 55.6 Å². The van der Waals surface area contributed by atoms with Crippen molar-refractivity contribution in [3.63, 3.8) is 0 Å². The van der Waals surface area contributed by atoms with Crippen molar-refractivity contribution in [2.45, 2.75) is 25.5 Å². The first-order valence-electron chi connectivity index (χ1n) is 9.86. The third kappa shape index (κ3) is 3.70. The smallest absolute Gasteiger partial charge is 0.387 e. The lowest BCUT2D eigenvalue weighted by Crippen LogP contribution is -2.25. The van der Waals surface area contributed by atoms with Crippen molar-refractivity contribution in [2.24, 2.45) is 0 Å². The van der Waals surface area contributed by atoms with Gasteiger partial charge in [-0.05, 0) is 29.8 Å². The van der Waals surface area contributed by atoms with Crippen LogP contribution in [0.15, 0.2) is 57.7 Å². The average Bonchev–Trinajstić information content (AvgIpc) is 3.31. The summed E-state index contributed by atoms with van der Waals surface area (Å²) in [5.74, 6) is -0.779. The summed E-state index contributed by atoms with van der Waals surface area (Å²) in [6, 6.07) is 9.60. The van der Waals surface area contributed by atoms with Crippen LogP contribution in [0.3, 0.4) is 0 Å². The number of halogens is 4. The molecule has 0 spiro atoms. The van der Waals surface area contributed by atoms with E-state index in [1.165, 1.54) is 18.3 Å². The minimum Gasteiger partial charge on any atom is -0.451 e. The summed E-state index contributed by atoms with van der Waals surface area (Å²) in [6.45, 7) is -2.48. The van der Waals surface area contributed by atoms with Gasteiger partial charge < -0.3 is 14.1 Å². The monoisotopic (exact) mass is 504 g/mol. The van der Waals surface area contributed by atoms with Gasteiger partial charge in [0.1, 0.15) is 5.82 Å². The van der Waals surface area contributed by atoms with E-state index in [-0.39, 0.29) is 41.9 Å². The molecule has 1 fully saturated rings. The van der Waals surface area contributed by atoms with Crippen LogP contribution in [0.4, 0.5) is 13.2 Å². The summed E-state index contributed by atoms with van der Waals surface area (Å²) in [5, 5.41) is 1.32. The Labute approximate surface area is 188 Å². The highest BCUT2D eigenvalue weighted by molar-refractivity contribution is 9.10. The van der Waals surface area contributed by atoms with E-state index in [1.807, 2.05) is 0 Å². The maximum Gasteiger partial charge on any atom is 0.387 e. The van der Waals surface area contributed by atoms with Crippen molar-refractivity contribution in [2.75, 3.05) is 6.54 Å². The van der Waals surface area contributed by atoms with Gasteiger partial charge in [-0.2, -0.15) is 8.78 Å². The number of aromatic nitrogens is 1. The van der Waals surface area contributed by atoms with Crippen molar-refractivity contribution >= 4 is 43.8 Å². The predicted molar refractivity (Wildman–Crippen MR) is 115 cm³/mol.